The summed E-state index contributed by atoms with van der Waals surface area (Å²) < 4.78 is 206. The van der Waals surface area contributed by atoms with E-state index in [0.29, 0.717) is 66.3 Å². The lowest BCUT2D eigenvalue weighted by Gasteiger charge is -2.31. The molecule has 0 fully saturated rings. The molecule has 0 bridgehead atoms. The van der Waals surface area contributed by atoms with Gasteiger partial charge in [0.15, 0.2) is 5.71 Å². The number of hydrogen-bond acceptors (Lipinski definition) is 20. The number of likely N-dealkylation sites (N-methyl/N-ethyl adjacent to an activating group) is 1. The molecule has 2 heterocycles. The lowest BCUT2D eigenvalue weighted by atomic mass is 9.74. The number of nitrogens with zero attached hydrogens (tertiary/aromatic N) is 2. The fraction of sp³-hybridized carbons (Fsp3) is 0.447. The fourth-order valence-corrected chi connectivity index (χ4v) is 13.2. The van der Waals surface area contributed by atoms with E-state index in [0.717, 1.165) is 12.1 Å². The van der Waals surface area contributed by atoms with E-state index in [2.05, 4.69) is 0 Å². The molecule has 4 aromatic rings. The lowest BCUT2D eigenvalue weighted by molar-refractivity contribution is -0.438. The molecular formula is C47H54N2O20S5-4. The van der Waals surface area contributed by atoms with Gasteiger partial charge in [-0.25, -0.2) is 42.1 Å². The molecule has 406 valence electrons. The highest BCUT2D eigenvalue weighted by Gasteiger charge is 2.49. The van der Waals surface area contributed by atoms with Crippen molar-refractivity contribution in [2.24, 2.45) is 0 Å². The van der Waals surface area contributed by atoms with Crippen LogP contribution in [0, 0.1) is 0 Å². The first-order valence-corrected chi connectivity index (χ1v) is 30.3. The number of fused-ring (bicyclic) bond motifs is 6. The van der Waals surface area contributed by atoms with Crippen LogP contribution in [0.15, 0.2) is 92.0 Å². The van der Waals surface area contributed by atoms with E-state index in [4.69, 9.17) is 14.2 Å². The van der Waals surface area contributed by atoms with Gasteiger partial charge in [0.05, 0.1) is 61.5 Å². The smallest absolute Gasteiger partial charge is 0.303 e. The van der Waals surface area contributed by atoms with Gasteiger partial charge in [-0.2, -0.15) is 4.58 Å². The van der Waals surface area contributed by atoms with Gasteiger partial charge in [0.1, 0.15) is 47.0 Å². The monoisotopic (exact) mass is 1130 g/mol. The zero-order valence-corrected chi connectivity index (χ0v) is 44.7. The van der Waals surface area contributed by atoms with Gasteiger partial charge in [-0.15, -0.1) is 0 Å². The molecule has 0 saturated carbocycles. The quantitative estimate of drug-likeness (QED) is 0.0522. The van der Waals surface area contributed by atoms with Gasteiger partial charge in [0, 0.05) is 78.7 Å². The summed E-state index contributed by atoms with van der Waals surface area (Å²) in [5.41, 5.74) is -0.518. The van der Waals surface area contributed by atoms with E-state index in [1.54, 1.807) is 50.0 Å². The van der Waals surface area contributed by atoms with Crippen molar-refractivity contribution in [2.75, 3.05) is 63.9 Å². The molecule has 27 heteroatoms. The molecule has 4 aromatic carbocycles. The van der Waals surface area contributed by atoms with Gasteiger partial charge >= 0.3 is 5.97 Å². The van der Waals surface area contributed by atoms with Crippen LogP contribution >= 0.6 is 0 Å². The average molecular weight is 1130 g/mol. The van der Waals surface area contributed by atoms with Crippen LogP contribution in [0.4, 0.5) is 11.4 Å². The topological polar surface area (TPSA) is 357 Å². The second-order valence-electron chi connectivity index (χ2n) is 18.2. The van der Waals surface area contributed by atoms with Crippen molar-refractivity contribution in [2.45, 2.75) is 96.1 Å². The Morgan fingerprint density at radius 1 is 0.662 bits per heavy atom. The minimum Gasteiger partial charge on any atom is -0.748 e. The summed E-state index contributed by atoms with van der Waals surface area (Å²) in [5, 5.41) is 8.76. The number of anilines is 1. The lowest BCUT2D eigenvalue weighted by Crippen LogP contribution is -2.33. The summed E-state index contributed by atoms with van der Waals surface area (Å²) in [5.74, 6) is -1.85. The molecule has 74 heavy (non-hydrogen) atoms. The molecule has 2 atom stereocenters. The molecule has 0 aliphatic carbocycles. The zero-order valence-electron chi connectivity index (χ0n) is 40.6. The SMILES string of the molecule is CCN1/C(=C/C=C/C2=[N+](CCCCCC(=O)O)c3ccc4c(S(=O)(=O)[O-])cc(S(=O)(=O)[O-])cc4c3C2(C)CCOCCOCCOC)C(C)(CCCS(=O)(=O)[O-])c2c1ccc1c(S(=O)(=O)[O-])cc(S(=O)(=O)[O-])cc21. The molecule has 2 aliphatic rings. The van der Waals surface area contributed by atoms with Crippen molar-refractivity contribution in [3.63, 3.8) is 0 Å². The molecule has 2 aliphatic heterocycles. The first-order chi connectivity index (χ1) is 34.4. The Morgan fingerprint density at radius 3 is 1.74 bits per heavy atom. The number of carboxylic acid groups (broad SMARTS) is 1. The molecule has 0 spiro atoms. The van der Waals surface area contributed by atoms with Gasteiger partial charge < -0.3 is 47.0 Å². The highest BCUT2D eigenvalue weighted by molar-refractivity contribution is 7.87. The zero-order chi connectivity index (χ0) is 54.8. The van der Waals surface area contributed by atoms with Crippen LogP contribution in [0.2, 0.25) is 0 Å². The highest BCUT2D eigenvalue weighted by Crippen LogP contribution is 2.54. The van der Waals surface area contributed by atoms with E-state index >= 15 is 0 Å². The average Bonchev–Trinajstić information content (AvgIpc) is 3.67. The predicted octanol–water partition coefficient (Wildman–Crippen LogP) is 4.24. The summed E-state index contributed by atoms with van der Waals surface area (Å²) in [6.45, 7) is 6.43. The number of hydrogen-bond donors (Lipinski definition) is 1. The molecule has 22 nitrogen and oxygen atoms in total. The fourth-order valence-electron chi connectivity index (χ4n) is 10.1. The van der Waals surface area contributed by atoms with E-state index in [1.165, 1.54) is 25.3 Å². The summed E-state index contributed by atoms with van der Waals surface area (Å²) >= 11 is 0. The highest BCUT2D eigenvalue weighted by atomic mass is 32.2. The van der Waals surface area contributed by atoms with Crippen LogP contribution in [0.3, 0.4) is 0 Å². The van der Waals surface area contributed by atoms with Crippen LogP contribution < -0.4 is 4.90 Å². The maximum Gasteiger partial charge on any atom is 0.303 e. The molecule has 0 radical (unpaired) electrons. The maximum absolute atomic E-state index is 12.8. The Balaban J connectivity index is 1.62. The van der Waals surface area contributed by atoms with E-state index < -0.39 is 92.7 Å². The van der Waals surface area contributed by atoms with Gasteiger partial charge in [-0.05, 0) is 117 Å². The number of aliphatic carboxylic acids is 1. The van der Waals surface area contributed by atoms with E-state index in [1.807, 2.05) is 4.58 Å². The third-order valence-electron chi connectivity index (χ3n) is 13.3. The normalized spacial score (nSPS) is 19.1. The van der Waals surface area contributed by atoms with Crippen LogP contribution in [0.5, 0.6) is 0 Å². The number of carbonyl (C=O) groups is 1. The number of methoxy groups -OCH3 is 1. The van der Waals surface area contributed by atoms with Crippen molar-refractivity contribution < 1.29 is 93.5 Å². The van der Waals surface area contributed by atoms with Crippen LogP contribution in [-0.4, -0.2) is 145 Å². The molecule has 0 amide bonds. The van der Waals surface area contributed by atoms with E-state index in [9.17, 15) is 74.8 Å². The van der Waals surface area contributed by atoms with E-state index in [-0.39, 0.29) is 92.3 Å². The van der Waals surface area contributed by atoms with Gasteiger partial charge in [-0.3, -0.25) is 4.79 Å². The van der Waals surface area contributed by atoms with Crippen molar-refractivity contribution >= 4 is 95.2 Å². The van der Waals surface area contributed by atoms with Crippen LogP contribution in [-0.2, 0) is 80.4 Å². The molecule has 2 unspecified atom stereocenters. The Labute approximate surface area is 430 Å². The van der Waals surface area contributed by atoms with Crippen LogP contribution in [0.25, 0.3) is 21.5 Å². The minimum absolute atomic E-state index is 0.00588. The van der Waals surface area contributed by atoms with Gasteiger partial charge in [0.25, 0.3) is 0 Å². The number of rotatable bonds is 26. The summed E-state index contributed by atoms with van der Waals surface area (Å²) in [4.78, 5) is 9.22. The minimum atomic E-state index is -5.42. The Kier molecular flexibility index (Phi) is 17.8. The number of benzene rings is 4. The predicted molar refractivity (Wildman–Crippen MR) is 263 cm³/mol. The summed E-state index contributed by atoms with van der Waals surface area (Å²) in [7, 11) is -24.9. The van der Waals surface area contributed by atoms with Crippen LogP contribution in [0.1, 0.15) is 76.8 Å². The molecule has 0 saturated heterocycles. The number of allylic oxidation sites excluding steroid dienone is 4. The number of carboxylic acids is 1. The Morgan fingerprint density at radius 2 is 1.22 bits per heavy atom. The summed E-state index contributed by atoms with van der Waals surface area (Å²) in [6.07, 6.45) is 5.61. The molecule has 1 N–H and O–H groups in total. The Hall–Kier alpha value is -4.75. The Bertz CT molecular complexity index is 3540. The largest absolute Gasteiger partial charge is 0.748 e. The van der Waals surface area contributed by atoms with Crippen molar-refractivity contribution in [1.29, 1.82) is 0 Å². The van der Waals surface area contributed by atoms with Gasteiger partial charge in [-0.1, -0.05) is 12.1 Å². The second kappa shape index (κ2) is 22.5. The number of unbranched alkanes of at least 4 members (excludes halogenated alkanes) is 2. The molecular weight excluding hydrogens is 1070 g/mol. The first-order valence-electron chi connectivity index (χ1n) is 23.1. The van der Waals surface area contributed by atoms with Crippen molar-refractivity contribution in [1.82, 2.24) is 0 Å². The van der Waals surface area contributed by atoms with Crippen molar-refractivity contribution in [3.8, 4) is 0 Å². The number of ether oxygens (including phenoxy) is 3. The molecule has 6 rings (SSSR count). The third kappa shape index (κ3) is 12.7. The summed E-state index contributed by atoms with van der Waals surface area (Å²) in [6, 6.07) is 8.57. The van der Waals surface area contributed by atoms with Crippen molar-refractivity contribution in [3.05, 3.63) is 83.6 Å². The maximum atomic E-state index is 12.8. The molecule has 0 aromatic heterocycles. The second-order valence-corrected chi connectivity index (χ2v) is 25.1. The first kappa shape index (κ1) is 58.5. The van der Waals surface area contributed by atoms with Gasteiger partial charge in [0.2, 0.25) is 5.69 Å². The third-order valence-corrected chi connectivity index (χ3v) is 17.5. The standard InChI is InChI=1S/C47H58N2O20S5/c1-5-48-37-16-14-33-35(27-31(71(55,56)57)29-39(33)73(61,62)63)44(37)46(2,18-10-26-70(52,53)54)41(48)11-9-12-42-47(3,19-21-68-24-25-69-23-22-67-4)45-36-28-32(72(58,59)60)30-40(74(64,65)66)34(36)15-17-38(45)49(42)20-8-6-7-13-43(50)51/h9,11-12,14-17,27-30H,5-8,10,13,18-26H2,1-4H3,(H5-,50,51,52,53,54,55,56,57,58,59,60,61,62,63,64,65,66)/p-4.